The zero-order chi connectivity index (χ0) is 21.8. The van der Waals surface area contributed by atoms with Crippen molar-refractivity contribution in [2.24, 2.45) is 0 Å². The van der Waals surface area contributed by atoms with Crippen LogP contribution >= 0.6 is 0 Å². The topological polar surface area (TPSA) is 58.6 Å². The Morgan fingerprint density at radius 2 is 1.80 bits per heavy atom. The van der Waals surface area contributed by atoms with E-state index in [0.29, 0.717) is 29.9 Å². The molecule has 158 valence electrons. The molecule has 0 saturated heterocycles. The van der Waals surface area contributed by atoms with E-state index in [9.17, 15) is 14.0 Å². The normalized spacial score (nSPS) is 14.3. The van der Waals surface area contributed by atoms with Gasteiger partial charge in [0, 0.05) is 18.8 Å². The summed E-state index contributed by atoms with van der Waals surface area (Å²) in [6.45, 7) is 8.54. The third kappa shape index (κ3) is 4.76. The summed E-state index contributed by atoms with van der Waals surface area (Å²) in [5.41, 5.74) is 3.66. The van der Waals surface area contributed by atoms with E-state index in [1.807, 2.05) is 45.9 Å². The number of anilines is 1. The van der Waals surface area contributed by atoms with E-state index in [4.69, 9.17) is 4.74 Å². The molecule has 2 aromatic rings. The third-order valence-electron chi connectivity index (χ3n) is 5.03. The summed E-state index contributed by atoms with van der Waals surface area (Å²) in [7, 11) is 0. The van der Waals surface area contributed by atoms with Gasteiger partial charge in [0.1, 0.15) is 11.5 Å². The molecule has 0 aromatic heterocycles. The SMILES string of the molecule is Cc1ccc(C2=C(Nc3cccc(F)c3)C(=O)N(CCCOC(C)C)C2=O)cc1C. The van der Waals surface area contributed by atoms with E-state index in [1.54, 1.807) is 12.1 Å². The number of benzene rings is 2. The molecule has 30 heavy (non-hydrogen) atoms. The van der Waals surface area contributed by atoms with Crippen molar-refractivity contribution < 1.29 is 18.7 Å². The molecular formula is C24H27FN2O3. The van der Waals surface area contributed by atoms with Crippen LogP contribution in [0.15, 0.2) is 48.2 Å². The van der Waals surface area contributed by atoms with Crippen LogP contribution in [0.4, 0.5) is 10.1 Å². The molecule has 0 radical (unpaired) electrons. The van der Waals surface area contributed by atoms with Gasteiger partial charge in [0.05, 0.1) is 11.7 Å². The largest absolute Gasteiger partial charge is 0.379 e. The summed E-state index contributed by atoms with van der Waals surface area (Å²) < 4.78 is 19.2. The van der Waals surface area contributed by atoms with Crippen molar-refractivity contribution in [3.05, 3.63) is 70.7 Å². The number of amides is 2. The average molecular weight is 410 g/mol. The molecule has 1 N–H and O–H groups in total. The van der Waals surface area contributed by atoms with Gasteiger partial charge in [0.2, 0.25) is 0 Å². The van der Waals surface area contributed by atoms with E-state index in [0.717, 1.165) is 11.1 Å². The number of nitrogens with zero attached hydrogens (tertiary/aromatic N) is 1. The minimum atomic E-state index is -0.423. The summed E-state index contributed by atoms with van der Waals surface area (Å²) in [5.74, 6) is -1.19. The van der Waals surface area contributed by atoms with Crippen LogP contribution in [0.5, 0.6) is 0 Å². The van der Waals surface area contributed by atoms with Gasteiger partial charge in [0.15, 0.2) is 0 Å². The van der Waals surface area contributed by atoms with Crippen LogP contribution in [0.2, 0.25) is 0 Å². The molecule has 0 bridgehead atoms. The van der Waals surface area contributed by atoms with E-state index < -0.39 is 11.7 Å². The van der Waals surface area contributed by atoms with Gasteiger partial charge < -0.3 is 10.1 Å². The fourth-order valence-electron chi connectivity index (χ4n) is 3.31. The maximum absolute atomic E-state index is 13.6. The molecular weight excluding hydrogens is 383 g/mol. The van der Waals surface area contributed by atoms with E-state index >= 15 is 0 Å². The molecule has 3 rings (SSSR count). The van der Waals surface area contributed by atoms with E-state index in [2.05, 4.69) is 5.32 Å². The third-order valence-corrected chi connectivity index (χ3v) is 5.03. The molecule has 2 amide bonds. The van der Waals surface area contributed by atoms with Crippen LogP contribution in [0.1, 0.15) is 37.0 Å². The second kappa shape index (κ2) is 9.22. The molecule has 6 heteroatoms. The maximum Gasteiger partial charge on any atom is 0.278 e. The summed E-state index contributed by atoms with van der Waals surface area (Å²) in [5, 5.41) is 2.98. The van der Waals surface area contributed by atoms with Crippen molar-refractivity contribution in [2.45, 2.75) is 40.2 Å². The minimum Gasteiger partial charge on any atom is -0.379 e. The zero-order valence-corrected chi connectivity index (χ0v) is 17.8. The summed E-state index contributed by atoms with van der Waals surface area (Å²) in [6, 6.07) is 11.5. The second-order valence-electron chi connectivity index (χ2n) is 7.72. The first-order valence-electron chi connectivity index (χ1n) is 10.1. The number of carbonyl (C=O) groups is 2. The highest BCUT2D eigenvalue weighted by Crippen LogP contribution is 2.31. The van der Waals surface area contributed by atoms with Crippen molar-refractivity contribution in [2.75, 3.05) is 18.5 Å². The highest BCUT2D eigenvalue weighted by molar-refractivity contribution is 6.36. The predicted molar refractivity (Wildman–Crippen MR) is 115 cm³/mol. The minimum absolute atomic E-state index is 0.0874. The van der Waals surface area contributed by atoms with Crippen LogP contribution in [0.3, 0.4) is 0 Å². The predicted octanol–water partition coefficient (Wildman–Crippen LogP) is 4.45. The molecule has 0 unspecified atom stereocenters. The Kier molecular flexibility index (Phi) is 6.67. The summed E-state index contributed by atoms with van der Waals surface area (Å²) in [6.07, 6.45) is 0.632. The lowest BCUT2D eigenvalue weighted by Crippen LogP contribution is -2.34. The molecule has 0 spiro atoms. The summed E-state index contributed by atoms with van der Waals surface area (Å²) in [4.78, 5) is 27.6. The van der Waals surface area contributed by atoms with E-state index in [-0.39, 0.29) is 24.3 Å². The molecule has 1 aliphatic rings. The van der Waals surface area contributed by atoms with Crippen molar-refractivity contribution in [1.82, 2.24) is 4.90 Å². The number of halogens is 1. The highest BCUT2D eigenvalue weighted by Gasteiger charge is 2.39. The van der Waals surface area contributed by atoms with Gasteiger partial charge in [0.25, 0.3) is 11.8 Å². The Morgan fingerprint density at radius 1 is 1.03 bits per heavy atom. The monoisotopic (exact) mass is 410 g/mol. The van der Waals surface area contributed by atoms with Crippen molar-refractivity contribution in [1.29, 1.82) is 0 Å². The van der Waals surface area contributed by atoms with Crippen LogP contribution < -0.4 is 5.32 Å². The van der Waals surface area contributed by atoms with Crippen molar-refractivity contribution in [3.8, 4) is 0 Å². The number of ether oxygens (including phenoxy) is 1. The smallest absolute Gasteiger partial charge is 0.278 e. The fraction of sp³-hybridized carbons (Fsp3) is 0.333. The molecule has 1 heterocycles. The first-order valence-corrected chi connectivity index (χ1v) is 10.1. The molecule has 1 aliphatic heterocycles. The summed E-state index contributed by atoms with van der Waals surface area (Å²) >= 11 is 0. The molecule has 0 saturated carbocycles. The second-order valence-corrected chi connectivity index (χ2v) is 7.72. The standard InChI is InChI=1S/C24H27FN2O3/c1-15(2)30-12-6-11-27-23(28)21(18-10-9-16(3)17(4)13-18)22(24(27)29)26-20-8-5-7-19(25)14-20/h5,7-10,13-15,26H,6,11-12H2,1-4H3. The van der Waals surface area contributed by atoms with Gasteiger partial charge in [-0.3, -0.25) is 14.5 Å². The van der Waals surface area contributed by atoms with Gasteiger partial charge >= 0.3 is 0 Å². The number of hydrogen-bond donors (Lipinski definition) is 1. The molecule has 0 fully saturated rings. The number of carbonyl (C=O) groups excluding carboxylic acids is 2. The van der Waals surface area contributed by atoms with Crippen molar-refractivity contribution >= 4 is 23.1 Å². The first-order chi connectivity index (χ1) is 14.3. The van der Waals surface area contributed by atoms with Crippen LogP contribution in [-0.2, 0) is 14.3 Å². The van der Waals surface area contributed by atoms with Gasteiger partial charge in [-0.15, -0.1) is 0 Å². The molecule has 5 nitrogen and oxygen atoms in total. The quantitative estimate of drug-likeness (QED) is 0.516. The van der Waals surface area contributed by atoms with E-state index in [1.165, 1.54) is 17.0 Å². The maximum atomic E-state index is 13.6. The fourth-order valence-corrected chi connectivity index (χ4v) is 3.31. The van der Waals surface area contributed by atoms with Crippen LogP contribution in [0.25, 0.3) is 5.57 Å². The van der Waals surface area contributed by atoms with Gasteiger partial charge in [-0.25, -0.2) is 4.39 Å². The lowest BCUT2D eigenvalue weighted by Gasteiger charge is -2.16. The lowest BCUT2D eigenvalue weighted by atomic mass is 9.99. The van der Waals surface area contributed by atoms with Crippen LogP contribution in [0, 0.1) is 19.7 Å². The van der Waals surface area contributed by atoms with Gasteiger partial charge in [-0.2, -0.15) is 0 Å². The first kappa shape index (κ1) is 21.7. The molecule has 0 aliphatic carbocycles. The van der Waals surface area contributed by atoms with Crippen molar-refractivity contribution in [3.63, 3.8) is 0 Å². The zero-order valence-electron chi connectivity index (χ0n) is 17.8. The molecule has 2 aromatic carbocycles. The number of hydrogen-bond acceptors (Lipinski definition) is 4. The number of imide groups is 1. The van der Waals surface area contributed by atoms with Gasteiger partial charge in [-0.1, -0.05) is 24.3 Å². The van der Waals surface area contributed by atoms with Crippen LogP contribution in [-0.4, -0.2) is 36.0 Å². The Balaban J connectivity index is 1.94. The highest BCUT2D eigenvalue weighted by atomic mass is 19.1. The Labute approximate surface area is 176 Å². The Bertz CT molecular complexity index is 998. The molecule has 0 atom stereocenters. The average Bonchev–Trinajstić information content (AvgIpc) is 2.91. The number of rotatable bonds is 8. The Hall–Kier alpha value is -2.99. The van der Waals surface area contributed by atoms with Gasteiger partial charge in [-0.05, 0) is 69.0 Å². The lowest BCUT2D eigenvalue weighted by molar-refractivity contribution is -0.137. The Morgan fingerprint density at radius 3 is 2.47 bits per heavy atom. The number of nitrogens with one attached hydrogen (secondary N) is 1. The number of aryl methyl sites for hydroxylation is 2.